The van der Waals surface area contributed by atoms with Crippen LogP contribution in [0.4, 0.5) is 0 Å². The molecule has 3 aromatic rings. The number of hydrogen-bond donors (Lipinski definition) is 1. The van der Waals surface area contributed by atoms with E-state index in [1.54, 1.807) is 24.3 Å². The molecule has 0 fully saturated rings. The molecule has 1 aromatic carbocycles. The zero-order valence-electron chi connectivity index (χ0n) is 10.2. The second kappa shape index (κ2) is 4.61. The zero-order chi connectivity index (χ0) is 14.1. The standard InChI is InChI=1S/C13H9N3O4/c17-12-9-3-1-2-4-10(9)14-15-16(12)7-8-5-6-20-11(8)13(18)19/h1-6H,7H2,(H,18,19). The Morgan fingerprint density at radius 1 is 1.30 bits per heavy atom. The van der Waals surface area contributed by atoms with E-state index >= 15 is 0 Å². The van der Waals surface area contributed by atoms with Gasteiger partial charge in [-0.1, -0.05) is 17.3 Å². The summed E-state index contributed by atoms with van der Waals surface area (Å²) in [6, 6.07) is 8.33. The van der Waals surface area contributed by atoms with E-state index in [0.29, 0.717) is 16.5 Å². The summed E-state index contributed by atoms with van der Waals surface area (Å²) in [6.07, 6.45) is 1.26. The van der Waals surface area contributed by atoms with Gasteiger partial charge in [-0.15, -0.1) is 5.10 Å². The molecule has 0 aliphatic carbocycles. The van der Waals surface area contributed by atoms with Gasteiger partial charge < -0.3 is 9.52 Å². The molecule has 0 atom stereocenters. The Morgan fingerprint density at radius 3 is 2.90 bits per heavy atom. The van der Waals surface area contributed by atoms with Crippen molar-refractivity contribution >= 4 is 16.9 Å². The fraction of sp³-hybridized carbons (Fsp3) is 0.0769. The van der Waals surface area contributed by atoms with Crippen molar-refractivity contribution in [2.75, 3.05) is 0 Å². The van der Waals surface area contributed by atoms with Crippen LogP contribution >= 0.6 is 0 Å². The van der Waals surface area contributed by atoms with Crippen LogP contribution in [-0.2, 0) is 6.54 Å². The van der Waals surface area contributed by atoms with Crippen LogP contribution in [0, 0.1) is 0 Å². The van der Waals surface area contributed by atoms with Gasteiger partial charge in [0, 0.05) is 5.56 Å². The van der Waals surface area contributed by atoms with Crippen molar-refractivity contribution in [1.29, 1.82) is 0 Å². The van der Waals surface area contributed by atoms with Crippen LogP contribution in [0.25, 0.3) is 10.9 Å². The normalized spacial score (nSPS) is 10.8. The highest BCUT2D eigenvalue weighted by atomic mass is 16.4. The smallest absolute Gasteiger partial charge is 0.372 e. The first-order chi connectivity index (χ1) is 9.66. The first-order valence-electron chi connectivity index (χ1n) is 5.79. The fourth-order valence-electron chi connectivity index (χ4n) is 1.94. The molecule has 0 unspecified atom stereocenters. The van der Waals surface area contributed by atoms with E-state index < -0.39 is 5.97 Å². The van der Waals surface area contributed by atoms with Crippen molar-refractivity contribution in [1.82, 2.24) is 15.0 Å². The molecule has 0 spiro atoms. The van der Waals surface area contributed by atoms with E-state index in [0.717, 1.165) is 4.68 Å². The van der Waals surface area contributed by atoms with Gasteiger partial charge in [-0.2, -0.15) is 0 Å². The molecule has 0 bridgehead atoms. The second-order valence-corrected chi connectivity index (χ2v) is 4.15. The number of aromatic nitrogens is 3. The average molecular weight is 271 g/mol. The zero-order valence-corrected chi connectivity index (χ0v) is 10.2. The number of carboxylic acids is 1. The van der Waals surface area contributed by atoms with Crippen molar-refractivity contribution in [2.45, 2.75) is 6.54 Å². The number of furan rings is 1. The number of nitrogens with zero attached hydrogens (tertiary/aromatic N) is 3. The Kier molecular flexibility index (Phi) is 2.79. The summed E-state index contributed by atoms with van der Waals surface area (Å²) < 4.78 is 5.97. The van der Waals surface area contributed by atoms with E-state index in [1.165, 1.54) is 12.3 Å². The highest BCUT2D eigenvalue weighted by Gasteiger charge is 2.15. The lowest BCUT2D eigenvalue weighted by Gasteiger charge is -2.03. The number of hydrogen-bond acceptors (Lipinski definition) is 5. The molecular formula is C13H9N3O4. The first-order valence-corrected chi connectivity index (χ1v) is 5.79. The average Bonchev–Trinajstić information content (AvgIpc) is 2.91. The van der Waals surface area contributed by atoms with Crippen molar-refractivity contribution in [3.8, 4) is 0 Å². The van der Waals surface area contributed by atoms with E-state index in [4.69, 9.17) is 9.52 Å². The SMILES string of the molecule is O=C(O)c1occc1Cn1nnc2ccccc2c1=O. The Bertz CT molecular complexity index is 850. The van der Waals surface area contributed by atoms with Gasteiger partial charge in [-0.3, -0.25) is 4.79 Å². The molecule has 1 N–H and O–H groups in total. The maximum absolute atomic E-state index is 12.2. The molecule has 0 radical (unpaired) electrons. The molecule has 0 amide bonds. The van der Waals surface area contributed by atoms with Crippen LogP contribution in [-0.4, -0.2) is 26.1 Å². The molecule has 2 heterocycles. The molecule has 2 aromatic heterocycles. The third-order valence-electron chi connectivity index (χ3n) is 2.89. The quantitative estimate of drug-likeness (QED) is 0.766. The predicted octanol–water partition coefficient (Wildman–Crippen LogP) is 1.13. The number of aromatic carboxylic acids is 1. The minimum atomic E-state index is -1.19. The van der Waals surface area contributed by atoms with Crippen LogP contribution in [0.15, 0.2) is 45.8 Å². The van der Waals surface area contributed by atoms with Crippen molar-refractivity contribution in [2.24, 2.45) is 0 Å². The van der Waals surface area contributed by atoms with Crippen LogP contribution in [0.3, 0.4) is 0 Å². The largest absolute Gasteiger partial charge is 0.475 e. The molecule has 0 aliphatic heterocycles. The topological polar surface area (TPSA) is 98.2 Å². The Morgan fingerprint density at radius 2 is 2.10 bits per heavy atom. The Balaban J connectivity index is 2.07. The maximum atomic E-state index is 12.2. The highest BCUT2D eigenvalue weighted by molar-refractivity contribution is 5.86. The molecule has 3 rings (SSSR count). The van der Waals surface area contributed by atoms with Crippen molar-refractivity contribution in [3.63, 3.8) is 0 Å². The third-order valence-corrected chi connectivity index (χ3v) is 2.89. The van der Waals surface area contributed by atoms with Gasteiger partial charge in [-0.25, -0.2) is 9.48 Å². The highest BCUT2D eigenvalue weighted by Crippen LogP contribution is 2.11. The number of rotatable bonds is 3. The summed E-state index contributed by atoms with van der Waals surface area (Å²) in [5.74, 6) is -1.39. The molecular weight excluding hydrogens is 262 g/mol. The van der Waals surface area contributed by atoms with Crippen LogP contribution in [0.5, 0.6) is 0 Å². The second-order valence-electron chi connectivity index (χ2n) is 4.15. The van der Waals surface area contributed by atoms with Gasteiger partial charge in [0.1, 0.15) is 5.52 Å². The van der Waals surface area contributed by atoms with Gasteiger partial charge in [-0.05, 0) is 18.2 Å². The monoisotopic (exact) mass is 271 g/mol. The lowest BCUT2D eigenvalue weighted by Crippen LogP contribution is -2.25. The van der Waals surface area contributed by atoms with E-state index in [1.807, 2.05) is 0 Å². The Labute approximate surface area is 112 Å². The summed E-state index contributed by atoms with van der Waals surface area (Å²) in [5.41, 5.74) is 0.539. The van der Waals surface area contributed by atoms with Crippen LogP contribution in [0.2, 0.25) is 0 Å². The van der Waals surface area contributed by atoms with E-state index in [-0.39, 0.29) is 17.9 Å². The van der Waals surface area contributed by atoms with Crippen LogP contribution in [0.1, 0.15) is 16.1 Å². The van der Waals surface area contributed by atoms with Gasteiger partial charge >= 0.3 is 5.97 Å². The summed E-state index contributed by atoms with van der Waals surface area (Å²) in [5, 5.41) is 17.1. The summed E-state index contributed by atoms with van der Waals surface area (Å²) in [6.45, 7) is -0.00516. The summed E-state index contributed by atoms with van der Waals surface area (Å²) in [7, 11) is 0. The predicted molar refractivity (Wildman–Crippen MR) is 68.6 cm³/mol. The molecule has 100 valence electrons. The number of benzene rings is 1. The van der Waals surface area contributed by atoms with Gasteiger partial charge in [0.2, 0.25) is 5.76 Å². The lowest BCUT2D eigenvalue weighted by molar-refractivity contribution is 0.0660. The van der Waals surface area contributed by atoms with Gasteiger partial charge in [0.05, 0.1) is 18.2 Å². The molecule has 7 nitrogen and oxygen atoms in total. The molecule has 0 aliphatic rings. The Hall–Kier alpha value is -2.96. The number of carboxylic acid groups (broad SMARTS) is 1. The number of fused-ring (bicyclic) bond motifs is 1. The fourth-order valence-corrected chi connectivity index (χ4v) is 1.94. The maximum Gasteiger partial charge on any atom is 0.372 e. The minimum absolute atomic E-state index is 0.00516. The van der Waals surface area contributed by atoms with E-state index in [2.05, 4.69) is 10.3 Å². The molecule has 0 saturated heterocycles. The molecule has 7 heteroatoms. The van der Waals surface area contributed by atoms with Crippen LogP contribution < -0.4 is 5.56 Å². The number of carbonyl (C=O) groups is 1. The van der Waals surface area contributed by atoms with E-state index in [9.17, 15) is 9.59 Å². The van der Waals surface area contributed by atoms with Crippen molar-refractivity contribution < 1.29 is 14.3 Å². The molecule has 20 heavy (non-hydrogen) atoms. The van der Waals surface area contributed by atoms with Gasteiger partial charge in [0.15, 0.2) is 0 Å². The molecule has 0 saturated carbocycles. The van der Waals surface area contributed by atoms with Gasteiger partial charge in [0.25, 0.3) is 5.56 Å². The third kappa shape index (κ3) is 1.95. The summed E-state index contributed by atoms with van der Waals surface area (Å²) >= 11 is 0. The lowest BCUT2D eigenvalue weighted by atomic mass is 10.2. The first kappa shape index (κ1) is 12.1. The minimum Gasteiger partial charge on any atom is -0.475 e. The summed E-state index contributed by atoms with van der Waals surface area (Å²) in [4.78, 5) is 23.2. The van der Waals surface area contributed by atoms with Crippen molar-refractivity contribution in [3.05, 3.63) is 58.3 Å².